The Labute approximate surface area is 113 Å². The van der Waals surface area contributed by atoms with Crippen molar-refractivity contribution in [1.29, 1.82) is 5.26 Å². The first-order valence-corrected chi connectivity index (χ1v) is 5.84. The highest BCUT2D eigenvalue weighted by Gasteiger charge is 2.11. The van der Waals surface area contributed by atoms with Gasteiger partial charge in [-0.1, -0.05) is 0 Å². The number of nitrogens with two attached hydrogens (primary N) is 1. The van der Waals surface area contributed by atoms with E-state index >= 15 is 0 Å². The maximum absolute atomic E-state index is 9.23. The summed E-state index contributed by atoms with van der Waals surface area (Å²) in [6.45, 7) is 0. The van der Waals surface area contributed by atoms with Crippen LogP contribution in [0.15, 0.2) is 30.6 Å². The van der Waals surface area contributed by atoms with Crippen LogP contribution in [0.1, 0.15) is 5.56 Å². The van der Waals surface area contributed by atoms with Crippen LogP contribution in [0.25, 0.3) is 16.9 Å². The van der Waals surface area contributed by atoms with Gasteiger partial charge in [0, 0.05) is 12.4 Å². The van der Waals surface area contributed by atoms with Crippen LogP contribution in [0.5, 0.6) is 0 Å². The average Bonchev–Trinajstić information content (AvgIpc) is 2.91. The van der Waals surface area contributed by atoms with Crippen molar-refractivity contribution in [1.82, 2.24) is 19.5 Å². The number of H-pyrrole nitrogens is 1. The van der Waals surface area contributed by atoms with Crippen LogP contribution in [0, 0.1) is 16.1 Å². The minimum atomic E-state index is 0.265. The minimum absolute atomic E-state index is 0.265. The molecule has 0 unspecified atom stereocenters. The van der Waals surface area contributed by atoms with Crippen molar-refractivity contribution in [2.75, 3.05) is 5.73 Å². The van der Waals surface area contributed by atoms with Crippen molar-refractivity contribution in [2.24, 2.45) is 0 Å². The topological polar surface area (TPSA) is 96.3 Å². The molecule has 0 saturated carbocycles. The number of nitrogens with one attached hydrogen (secondary N) is 1. The van der Waals surface area contributed by atoms with Crippen molar-refractivity contribution in [3.05, 3.63) is 40.9 Å². The Kier molecular flexibility index (Phi) is 2.51. The summed E-state index contributed by atoms with van der Waals surface area (Å²) in [5.41, 5.74) is 6.67. The van der Waals surface area contributed by atoms with Gasteiger partial charge in [0.1, 0.15) is 11.9 Å². The molecule has 0 bridgehead atoms. The summed E-state index contributed by atoms with van der Waals surface area (Å²) in [7, 11) is 0. The van der Waals surface area contributed by atoms with Gasteiger partial charge in [0.05, 0.1) is 10.9 Å². The molecule has 0 fully saturated rings. The van der Waals surface area contributed by atoms with Crippen molar-refractivity contribution in [3.8, 4) is 11.9 Å². The number of pyridine rings is 1. The van der Waals surface area contributed by atoms with E-state index in [-0.39, 0.29) is 4.77 Å². The summed E-state index contributed by atoms with van der Waals surface area (Å²) >= 11 is 4.97. The lowest BCUT2D eigenvalue weighted by atomic mass is 10.2. The normalized spacial score (nSPS) is 10.5. The number of nitrogens with zero attached hydrogens (tertiary/aromatic N) is 4. The van der Waals surface area contributed by atoms with Crippen LogP contribution in [0.4, 0.5) is 5.82 Å². The van der Waals surface area contributed by atoms with Gasteiger partial charge in [-0.15, -0.1) is 0 Å². The summed E-state index contributed by atoms with van der Waals surface area (Å²) < 4.78 is 2.01. The number of aromatic nitrogens is 4. The molecule has 0 aliphatic heterocycles. The van der Waals surface area contributed by atoms with E-state index in [2.05, 4.69) is 21.0 Å². The Hall–Kier alpha value is -2.72. The van der Waals surface area contributed by atoms with Crippen LogP contribution in [0.2, 0.25) is 0 Å². The van der Waals surface area contributed by atoms with Gasteiger partial charge in [-0.2, -0.15) is 10.2 Å². The number of rotatable bonds is 1. The van der Waals surface area contributed by atoms with Crippen LogP contribution in [0.3, 0.4) is 0 Å². The standard InChI is InChI=1S/C12H8N6S/c13-6-7-5-8-9(14)15-12(19)17-10(8)16-11(7)18-3-1-2-4-18/h1-5H,(H3,14,15,16,17,19). The second-order valence-electron chi connectivity index (χ2n) is 3.89. The number of aromatic amines is 1. The lowest BCUT2D eigenvalue weighted by molar-refractivity contribution is 1.00. The number of nitrogen functional groups attached to an aromatic ring is 1. The quantitative estimate of drug-likeness (QED) is 0.657. The van der Waals surface area contributed by atoms with Gasteiger partial charge >= 0.3 is 0 Å². The van der Waals surface area contributed by atoms with Crippen molar-refractivity contribution < 1.29 is 0 Å². The molecule has 3 N–H and O–H groups in total. The Balaban J connectivity index is 2.41. The van der Waals surface area contributed by atoms with Crippen molar-refractivity contribution in [2.45, 2.75) is 0 Å². The summed E-state index contributed by atoms with van der Waals surface area (Å²) in [6.07, 6.45) is 3.62. The molecule has 3 aromatic rings. The molecule has 0 aliphatic rings. The second-order valence-corrected chi connectivity index (χ2v) is 4.28. The minimum Gasteiger partial charge on any atom is -0.385 e. The molecule has 19 heavy (non-hydrogen) atoms. The van der Waals surface area contributed by atoms with Gasteiger partial charge in [0.2, 0.25) is 0 Å². The molecule has 3 aromatic heterocycles. The summed E-state index contributed by atoms with van der Waals surface area (Å²) in [5.74, 6) is 0.866. The number of anilines is 1. The molecule has 3 rings (SSSR count). The molecule has 0 atom stereocenters. The first-order valence-electron chi connectivity index (χ1n) is 5.43. The predicted molar refractivity (Wildman–Crippen MR) is 73.2 cm³/mol. The summed E-state index contributed by atoms with van der Waals surface area (Å²) in [6, 6.07) is 7.48. The zero-order valence-electron chi connectivity index (χ0n) is 9.66. The maximum atomic E-state index is 9.23. The van der Waals surface area contributed by atoms with Gasteiger partial charge in [-0.05, 0) is 30.4 Å². The van der Waals surface area contributed by atoms with E-state index in [0.717, 1.165) is 0 Å². The largest absolute Gasteiger partial charge is 0.385 e. The third-order valence-corrected chi connectivity index (χ3v) is 2.88. The van der Waals surface area contributed by atoms with E-state index in [4.69, 9.17) is 18.0 Å². The van der Waals surface area contributed by atoms with E-state index < -0.39 is 0 Å². The van der Waals surface area contributed by atoms with E-state index in [9.17, 15) is 5.26 Å². The number of nitriles is 1. The van der Waals surface area contributed by atoms with Crippen LogP contribution in [-0.4, -0.2) is 19.5 Å². The van der Waals surface area contributed by atoms with Crippen LogP contribution < -0.4 is 5.73 Å². The molecule has 6 nitrogen and oxygen atoms in total. The molecule has 0 spiro atoms. The van der Waals surface area contributed by atoms with E-state index in [1.165, 1.54) is 0 Å². The lowest BCUT2D eigenvalue weighted by Gasteiger charge is -2.07. The van der Waals surface area contributed by atoms with Gasteiger partial charge in [0.15, 0.2) is 16.2 Å². The fourth-order valence-corrected chi connectivity index (χ4v) is 2.04. The van der Waals surface area contributed by atoms with Crippen LogP contribution in [-0.2, 0) is 0 Å². The molecule has 0 aliphatic carbocycles. The Morgan fingerprint density at radius 3 is 2.74 bits per heavy atom. The highest BCUT2D eigenvalue weighted by molar-refractivity contribution is 7.71. The van der Waals surface area contributed by atoms with Gasteiger partial charge in [-0.3, -0.25) is 0 Å². The zero-order chi connectivity index (χ0) is 13.4. The smallest absolute Gasteiger partial charge is 0.200 e. The molecular formula is C12H8N6S. The van der Waals surface area contributed by atoms with Gasteiger partial charge < -0.3 is 15.3 Å². The van der Waals surface area contributed by atoms with Gasteiger partial charge in [0.25, 0.3) is 0 Å². The molecule has 0 amide bonds. The highest BCUT2D eigenvalue weighted by atomic mass is 32.1. The molecular weight excluding hydrogens is 260 g/mol. The van der Waals surface area contributed by atoms with Gasteiger partial charge in [-0.25, -0.2) is 4.98 Å². The number of fused-ring (bicyclic) bond motifs is 1. The Morgan fingerprint density at radius 2 is 2.05 bits per heavy atom. The lowest BCUT2D eigenvalue weighted by Crippen LogP contribution is -2.03. The highest BCUT2D eigenvalue weighted by Crippen LogP contribution is 2.21. The SMILES string of the molecule is N#Cc1cc2c(N)[nH]c(=S)nc2nc1-n1cccc1. The van der Waals surface area contributed by atoms with E-state index in [0.29, 0.717) is 28.2 Å². The first kappa shape index (κ1) is 11.4. The Morgan fingerprint density at radius 1 is 1.32 bits per heavy atom. The maximum Gasteiger partial charge on any atom is 0.200 e. The van der Waals surface area contributed by atoms with E-state index in [1.54, 1.807) is 10.6 Å². The average molecular weight is 268 g/mol. The predicted octanol–water partition coefficient (Wildman–Crippen LogP) is 1.93. The second kappa shape index (κ2) is 4.19. The molecule has 7 heteroatoms. The number of hydrogen-bond donors (Lipinski definition) is 2. The van der Waals surface area contributed by atoms with Crippen molar-refractivity contribution >= 4 is 29.1 Å². The Bertz CT molecular complexity index is 856. The molecule has 3 heterocycles. The van der Waals surface area contributed by atoms with Crippen molar-refractivity contribution in [3.63, 3.8) is 0 Å². The molecule has 0 radical (unpaired) electrons. The summed E-state index contributed by atoms with van der Waals surface area (Å²) in [5, 5.41) is 9.81. The molecule has 0 aromatic carbocycles. The fourth-order valence-electron chi connectivity index (χ4n) is 1.84. The monoisotopic (exact) mass is 268 g/mol. The third-order valence-electron chi connectivity index (χ3n) is 2.69. The molecule has 0 saturated heterocycles. The van der Waals surface area contributed by atoms with Crippen LogP contribution >= 0.6 is 12.2 Å². The summed E-state index contributed by atoms with van der Waals surface area (Å²) in [4.78, 5) is 11.2. The van der Waals surface area contributed by atoms with E-state index in [1.807, 2.05) is 24.5 Å². The first-order chi connectivity index (χ1) is 9.19. The fraction of sp³-hybridized carbons (Fsp3) is 0. The number of hydrogen-bond acceptors (Lipinski definition) is 5. The third kappa shape index (κ3) is 1.84. The molecule has 92 valence electrons. The zero-order valence-corrected chi connectivity index (χ0v) is 10.5.